The van der Waals surface area contributed by atoms with Gasteiger partial charge in [0, 0.05) is 32.9 Å². The lowest BCUT2D eigenvalue weighted by molar-refractivity contribution is -0.156. The predicted molar refractivity (Wildman–Crippen MR) is 233 cm³/mol. The smallest absolute Gasteiger partial charge is 0.306 e. The topological polar surface area (TPSA) is 265 Å². The Hall–Kier alpha value is -5.10. The highest BCUT2D eigenvalue weighted by atomic mass is 16.6. The third-order valence-corrected chi connectivity index (χ3v) is 9.73. The minimum atomic E-state index is -1.43. The van der Waals surface area contributed by atoms with Gasteiger partial charge in [0.15, 0.2) is 0 Å². The molecule has 1 fully saturated rings. The van der Waals surface area contributed by atoms with E-state index in [1.807, 2.05) is 13.8 Å². The van der Waals surface area contributed by atoms with Gasteiger partial charge in [0.2, 0.25) is 41.2 Å². The number of carbonyl (C=O) groups excluding carboxylic acids is 10. The van der Waals surface area contributed by atoms with Crippen LogP contribution in [0.1, 0.15) is 148 Å². The van der Waals surface area contributed by atoms with Crippen LogP contribution in [0.15, 0.2) is 0 Å². The maximum atomic E-state index is 14.2. The number of carbonyl (C=O) groups is 10. The van der Waals surface area contributed by atoms with Gasteiger partial charge in [-0.05, 0) is 91.9 Å². The molecule has 0 aromatic carbocycles. The average Bonchev–Trinajstić information content (AvgIpc) is 3.66. The molecule has 0 bridgehead atoms. The van der Waals surface area contributed by atoms with E-state index in [9.17, 15) is 47.9 Å². The number of amides is 7. The number of hydrogen-bond donors (Lipinski definition) is 6. The molecule has 0 radical (unpaired) electrons. The summed E-state index contributed by atoms with van der Waals surface area (Å²) in [5.41, 5.74) is -1.64. The van der Waals surface area contributed by atoms with E-state index in [0.29, 0.717) is 25.8 Å². The molecule has 0 aliphatic carbocycles. The molecule has 0 aromatic rings. The summed E-state index contributed by atoms with van der Waals surface area (Å²) in [5.74, 6) is -8.04. The fraction of sp³-hybridized carbons (Fsp3) is 0.773. The molecule has 0 spiro atoms. The first-order chi connectivity index (χ1) is 29.1. The van der Waals surface area contributed by atoms with Crippen molar-refractivity contribution in [1.29, 1.82) is 0 Å². The Morgan fingerprint density at radius 2 is 1.11 bits per heavy atom. The number of likely N-dealkylation sites (tertiary alicyclic amines) is 1. The highest BCUT2D eigenvalue weighted by molar-refractivity contribution is 6.38. The lowest BCUT2D eigenvalue weighted by Crippen LogP contribution is -2.61. The van der Waals surface area contributed by atoms with Crippen LogP contribution in [0.4, 0.5) is 0 Å². The fourth-order valence-electron chi connectivity index (χ4n) is 6.70. The van der Waals surface area contributed by atoms with Crippen LogP contribution < -0.4 is 31.9 Å². The second-order valence-electron chi connectivity index (χ2n) is 18.7. The second-order valence-corrected chi connectivity index (χ2v) is 18.7. The molecule has 1 heterocycles. The Bertz CT molecular complexity index is 1630. The van der Waals surface area contributed by atoms with Gasteiger partial charge in [0.25, 0.3) is 5.91 Å². The number of nitrogens with zero attached hydrogens (tertiary/aromatic N) is 1. The number of hydrogen-bond acceptors (Lipinski definition) is 12. The van der Waals surface area contributed by atoms with Gasteiger partial charge in [-0.1, -0.05) is 48.0 Å². The Balaban J connectivity index is 3.35. The lowest BCUT2D eigenvalue weighted by atomic mass is 9.98. The van der Waals surface area contributed by atoms with E-state index in [4.69, 9.17) is 9.47 Å². The molecule has 19 heteroatoms. The van der Waals surface area contributed by atoms with Crippen LogP contribution in [0.2, 0.25) is 0 Å². The summed E-state index contributed by atoms with van der Waals surface area (Å²) in [5, 5.41) is 15.7. The molecular weight excluding hydrogens is 819 g/mol. The predicted octanol–water partition coefficient (Wildman–Crippen LogP) is 1.87. The zero-order chi connectivity index (χ0) is 48.4. The Kier molecular flexibility index (Phi) is 23.0. The van der Waals surface area contributed by atoms with Crippen LogP contribution in [0.3, 0.4) is 0 Å². The van der Waals surface area contributed by atoms with E-state index < -0.39 is 118 Å². The van der Waals surface area contributed by atoms with Crippen LogP contribution in [0.5, 0.6) is 0 Å². The fourth-order valence-corrected chi connectivity index (χ4v) is 6.70. The zero-order valence-electron chi connectivity index (χ0n) is 39.7. The van der Waals surface area contributed by atoms with Gasteiger partial charge in [-0.2, -0.15) is 0 Å². The van der Waals surface area contributed by atoms with E-state index in [0.717, 1.165) is 0 Å². The van der Waals surface area contributed by atoms with Crippen LogP contribution in [-0.2, 0) is 57.4 Å². The summed E-state index contributed by atoms with van der Waals surface area (Å²) in [6, 6.07) is -7.16. The van der Waals surface area contributed by atoms with Gasteiger partial charge in [0.1, 0.15) is 41.4 Å². The van der Waals surface area contributed by atoms with E-state index in [1.54, 1.807) is 69.2 Å². The Morgan fingerprint density at radius 1 is 0.619 bits per heavy atom. The quantitative estimate of drug-likeness (QED) is 0.0600. The summed E-state index contributed by atoms with van der Waals surface area (Å²) in [6.45, 7) is 22.1. The van der Waals surface area contributed by atoms with Crippen molar-refractivity contribution in [3.8, 4) is 0 Å². The van der Waals surface area contributed by atoms with Crippen molar-refractivity contribution in [2.24, 2.45) is 11.8 Å². The van der Waals surface area contributed by atoms with Crippen molar-refractivity contribution in [3.63, 3.8) is 0 Å². The van der Waals surface area contributed by atoms with Crippen LogP contribution in [-0.4, -0.2) is 125 Å². The number of esters is 2. The molecule has 6 unspecified atom stereocenters. The number of rotatable bonds is 24. The summed E-state index contributed by atoms with van der Waals surface area (Å²) in [6.07, 6.45) is 1.11. The molecule has 19 nitrogen and oxygen atoms in total. The second kappa shape index (κ2) is 25.9. The minimum Gasteiger partial charge on any atom is -0.460 e. The number of ether oxygens (including phenoxy) is 2. The van der Waals surface area contributed by atoms with E-state index in [-0.39, 0.29) is 45.1 Å². The molecule has 7 amide bonds. The molecular formula is C44H75N7O12. The first-order valence-corrected chi connectivity index (χ1v) is 22.2. The number of nitrogens with one attached hydrogen (secondary N) is 6. The number of Topliss-reactive ketones (excluding diaryl/α,β-unsaturated/α-hetero) is 1. The molecule has 63 heavy (non-hydrogen) atoms. The third kappa shape index (κ3) is 20.3. The van der Waals surface area contributed by atoms with Crippen molar-refractivity contribution in [2.45, 2.75) is 195 Å². The van der Waals surface area contributed by atoms with Crippen LogP contribution in [0.25, 0.3) is 0 Å². The van der Waals surface area contributed by atoms with Crippen molar-refractivity contribution >= 4 is 59.1 Å². The molecule has 0 saturated carbocycles. The minimum absolute atomic E-state index is 0.171. The first kappa shape index (κ1) is 55.9. The van der Waals surface area contributed by atoms with E-state index in [1.165, 1.54) is 11.8 Å². The summed E-state index contributed by atoms with van der Waals surface area (Å²) in [4.78, 5) is 134. The third-order valence-electron chi connectivity index (χ3n) is 9.73. The largest absolute Gasteiger partial charge is 0.460 e. The molecule has 6 atom stereocenters. The zero-order valence-corrected chi connectivity index (χ0v) is 39.7. The maximum absolute atomic E-state index is 14.2. The molecule has 358 valence electrons. The molecule has 6 N–H and O–H groups in total. The van der Waals surface area contributed by atoms with Gasteiger partial charge < -0.3 is 46.3 Å². The van der Waals surface area contributed by atoms with Crippen molar-refractivity contribution in [2.75, 3.05) is 13.1 Å². The average molecular weight is 894 g/mol. The summed E-state index contributed by atoms with van der Waals surface area (Å²) in [7, 11) is 0. The summed E-state index contributed by atoms with van der Waals surface area (Å²) < 4.78 is 10.7. The summed E-state index contributed by atoms with van der Waals surface area (Å²) >= 11 is 0. The van der Waals surface area contributed by atoms with Gasteiger partial charge in [0.05, 0.1) is 6.04 Å². The highest BCUT2D eigenvalue weighted by Gasteiger charge is 2.41. The lowest BCUT2D eigenvalue weighted by Gasteiger charge is -2.33. The monoisotopic (exact) mass is 894 g/mol. The first-order valence-electron chi connectivity index (χ1n) is 22.2. The van der Waals surface area contributed by atoms with Crippen molar-refractivity contribution in [3.05, 3.63) is 0 Å². The van der Waals surface area contributed by atoms with Gasteiger partial charge in [-0.15, -0.1) is 0 Å². The number of ketones is 1. The van der Waals surface area contributed by atoms with Gasteiger partial charge >= 0.3 is 11.9 Å². The molecule has 0 aromatic heterocycles. The molecule has 1 rings (SSSR count). The Morgan fingerprint density at radius 3 is 1.57 bits per heavy atom. The van der Waals surface area contributed by atoms with E-state index in [2.05, 4.69) is 31.9 Å². The standard InChI is InChI=1S/C44H75N7O12/c1-14-17-28(36(55)41(60)45-23-15-2)47-39(58)31-18-16-24-51(31)42(61)35(26(5)6)50-40(59)34(25(3)4)49-38(57)30(20-22-33(54)63-44(11,12)13)48-37(56)29(46-27(7)52)19-21-32(53)62-43(8,9)10/h25-26,28-31,34-35H,14-24H2,1-13H3,(H,45,60)(H,46,52)(H,47,58)(H,48,56)(H,49,57)(H,50,59). The Labute approximate surface area is 372 Å². The molecule has 1 aliphatic heterocycles. The molecule has 1 saturated heterocycles. The normalized spacial score (nSPS) is 16.4. The SMILES string of the molecule is CCCNC(=O)C(=O)C(CCC)NC(=O)C1CCCN1C(=O)C(NC(=O)C(NC(=O)C(CCC(=O)OC(C)(C)C)NC(=O)C(CCC(=O)OC(C)(C)C)NC(C)=O)C(C)C)C(C)C. The maximum Gasteiger partial charge on any atom is 0.306 e. The van der Waals surface area contributed by atoms with Gasteiger partial charge in [-0.25, -0.2) is 0 Å². The van der Waals surface area contributed by atoms with Crippen LogP contribution >= 0.6 is 0 Å². The van der Waals surface area contributed by atoms with E-state index >= 15 is 0 Å². The van der Waals surface area contributed by atoms with Crippen molar-refractivity contribution < 1.29 is 57.4 Å². The van der Waals surface area contributed by atoms with Crippen molar-refractivity contribution in [1.82, 2.24) is 36.8 Å². The van der Waals surface area contributed by atoms with Crippen LogP contribution in [0, 0.1) is 11.8 Å². The molecule has 1 aliphatic rings. The highest BCUT2D eigenvalue weighted by Crippen LogP contribution is 2.22. The van der Waals surface area contributed by atoms with Gasteiger partial charge in [-0.3, -0.25) is 47.9 Å².